The molecular weight excluding hydrogens is 214 g/mol. The predicted octanol–water partition coefficient (Wildman–Crippen LogP) is -0.0976. The molecule has 0 aliphatic heterocycles. The predicted molar refractivity (Wildman–Crippen MR) is 54.2 cm³/mol. The van der Waals surface area contributed by atoms with Crippen LogP contribution in [0, 0.1) is 0 Å². The molecule has 0 fully saturated rings. The standard InChI is InChI=1S/C10H11NO5/c1-2-16-7-3-5(10(14)15)9(13)8(11)6(7)4-12/h3,8,13H,2,11H2,1H3,(H,14,15). The first kappa shape index (κ1) is 12.0. The zero-order chi connectivity index (χ0) is 12.3. The van der Waals surface area contributed by atoms with E-state index in [0.717, 1.165) is 6.08 Å². The molecule has 0 bridgehead atoms. The van der Waals surface area contributed by atoms with Crippen molar-refractivity contribution in [1.82, 2.24) is 0 Å². The van der Waals surface area contributed by atoms with Crippen molar-refractivity contribution in [2.75, 3.05) is 6.61 Å². The molecule has 1 unspecified atom stereocenters. The van der Waals surface area contributed by atoms with E-state index in [1.807, 2.05) is 0 Å². The lowest BCUT2D eigenvalue weighted by molar-refractivity contribution is -0.132. The Morgan fingerprint density at radius 2 is 2.31 bits per heavy atom. The summed E-state index contributed by atoms with van der Waals surface area (Å²) in [5.74, 6) is -0.345. The van der Waals surface area contributed by atoms with Crippen LogP contribution in [0.4, 0.5) is 0 Å². The number of carbonyl (C=O) groups is 1. The summed E-state index contributed by atoms with van der Waals surface area (Å²) in [6.07, 6.45) is 1.06. The third-order valence-corrected chi connectivity index (χ3v) is 2.06. The molecule has 1 aliphatic rings. The number of aliphatic hydroxyl groups is 1. The van der Waals surface area contributed by atoms with Gasteiger partial charge in [0.2, 0.25) is 0 Å². The van der Waals surface area contributed by atoms with Crippen LogP contribution in [0.15, 0.2) is 28.7 Å². The maximum absolute atomic E-state index is 10.8. The van der Waals surface area contributed by atoms with Crippen LogP contribution in [0.25, 0.3) is 0 Å². The second-order valence-corrected chi connectivity index (χ2v) is 3.04. The van der Waals surface area contributed by atoms with Gasteiger partial charge in [0.15, 0.2) is 0 Å². The minimum absolute atomic E-state index is 0.0280. The first-order chi connectivity index (χ1) is 7.52. The molecule has 0 aromatic heterocycles. The van der Waals surface area contributed by atoms with E-state index in [1.165, 1.54) is 5.94 Å². The molecule has 0 heterocycles. The number of nitrogens with two attached hydrogens (primary N) is 1. The van der Waals surface area contributed by atoms with Crippen LogP contribution in [0.2, 0.25) is 0 Å². The fourth-order valence-electron chi connectivity index (χ4n) is 1.30. The fourth-order valence-corrected chi connectivity index (χ4v) is 1.30. The highest BCUT2D eigenvalue weighted by molar-refractivity contribution is 5.92. The molecule has 0 aromatic carbocycles. The second kappa shape index (κ2) is 4.65. The molecule has 0 saturated heterocycles. The van der Waals surface area contributed by atoms with Gasteiger partial charge >= 0.3 is 5.97 Å². The molecular formula is C10H11NO5. The van der Waals surface area contributed by atoms with Crippen molar-refractivity contribution in [2.24, 2.45) is 5.73 Å². The summed E-state index contributed by atoms with van der Waals surface area (Å²) in [5.41, 5.74) is 5.02. The molecule has 1 aliphatic carbocycles. The summed E-state index contributed by atoms with van der Waals surface area (Å²) < 4.78 is 5.06. The number of aliphatic hydroxyl groups excluding tert-OH is 1. The van der Waals surface area contributed by atoms with Crippen molar-refractivity contribution in [3.63, 3.8) is 0 Å². The summed E-state index contributed by atoms with van der Waals surface area (Å²) in [6, 6.07) is -1.21. The third kappa shape index (κ3) is 1.98. The maximum Gasteiger partial charge on any atom is 0.339 e. The molecule has 0 spiro atoms. The highest BCUT2D eigenvalue weighted by Gasteiger charge is 2.30. The van der Waals surface area contributed by atoms with Crippen molar-refractivity contribution < 1.29 is 24.5 Å². The van der Waals surface area contributed by atoms with E-state index in [2.05, 4.69) is 0 Å². The monoisotopic (exact) mass is 225 g/mol. The van der Waals surface area contributed by atoms with Crippen LogP contribution in [-0.2, 0) is 14.3 Å². The first-order valence-corrected chi connectivity index (χ1v) is 4.54. The van der Waals surface area contributed by atoms with Gasteiger partial charge in [-0.3, -0.25) is 0 Å². The van der Waals surface area contributed by atoms with Gasteiger partial charge < -0.3 is 20.7 Å². The molecule has 0 amide bonds. The van der Waals surface area contributed by atoms with Crippen LogP contribution in [0.3, 0.4) is 0 Å². The van der Waals surface area contributed by atoms with Crippen LogP contribution in [0.1, 0.15) is 6.92 Å². The largest absolute Gasteiger partial charge is 0.509 e. The van der Waals surface area contributed by atoms with Gasteiger partial charge in [0, 0.05) is 0 Å². The highest BCUT2D eigenvalue weighted by atomic mass is 16.5. The molecule has 6 heteroatoms. The smallest absolute Gasteiger partial charge is 0.339 e. The zero-order valence-corrected chi connectivity index (χ0v) is 8.56. The minimum Gasteiger partial charge on any atom is -0.509 e. The molecule has 4 N–H and O–H groups in total. The SMILES string of the molecule is CCOC1=CC(C(=O)O)=C(O)C(N)C1=C=O. The maximum atomic E-state index is 10.8. The van der Waals surface area contributed by atoms with Crippen LogP contribution in [0.5, 0.6) is 0 Å². The van der Waals surface area contributed by atoms with Crippen molar-refractivity contribution >= 4 is 11.9 Å². The van der Waals surface area contributed by atoms with Gasteiger partial charge in [-0.1, -0.05) is 0 Å². The number of rotatable bonds is 3. The van der Waals surface area contributed by atoms with Crippen molar-refractivity contribution in [3.8, 4) is 0 Å². The number of hydrogen-bond donors (Lipinski definition) is 3. The van der Waals surface area contributed by atoms with Gasteiger partial charge in [-0.25, -0.2) is 9.59 Å². The molecule has 16 heavy (non-hydrogen) atoms. The van der Waals surface area contributed by atoms with Gasteiger partial charge in [0.1, 0.15) is 34.6 Å². The number of aliphatic carboxylic acids is 1. The van der Waals surface area contributed by atoms with E-state index in [9.17, 15) is 14.7 Å². The van der Waals surface area contributed by atoms with Gasteiger partial charge in [-0.2, -0.15) is 0 Å². The Kier molecular flexibility index (Phi) is 3.50. The van der Waals surface area contributed by atoms with Crippen molar-refractivity contribution in [1.29, 1.82) is 0 Å². The summed E-state index contributed by atoms with van der Waals surface area (Å²) >= 11 is 0. The highest BCUT2D eigenvalue weighted by Crippen LogP contribution is 2.25. The Morgan fingerprint density at radius 1 is 1.69 bits per heavy atom. The third-order valence-electron chi connectivity index (χ3n) is 2.06. The van der Waals surface area contributed by atoms with Crippen molar-refractivity contribution in [3.05, 3.63) is 28.7 Å². The van der Waals surface area contributed by atoms with E-state index in [4.69, 9.17) is 15.6 Å². The zero-order valence-electron chi connectivity index (χ0n) is 8.56. The van der Waals surface area contributed by atoms with Crippen molar-refractivity contribution in [2.45, 2.75) is 13.0 Å². The Balaban J connectivity index is 3.29. The Morgan fingerprint density at radius 3 is 2.75 bits per heavy atom. The normalized spacial score (nSPS) is 20.2. The lowest BCUT2D eigenvalue weighted by Gasteiger charge is -2.21. The van der Waals surface area contributed by atoms with Gasteiger partial charge in [0.05, 0.1) is 6.61 Å². The summed E-state index contributed by atoms with van der Waals surface area (Å²) in [5, 5.41) is 18.3. The topological polar surface area (TPSA) is 110 Å². The van der Waals surface area contributed by atoms with E-state index in [-0.39, 0.29) is 23.5 Å². The van der Waals surface area contributed by atoms with E-state index >= 15 is 0 Å². The average Bonchev–Trinajstić information content (AvgIpc) is 2.23. The Labute approximate surface area is 91.3 Å². The molecule has 0 radical (unpaired) electrons. The van der Waals surface area contributed by atoms with Crippen LogP contribution >= 0.6 is 0 Å². The minimum atomic E-state index is -1.34. The molecule has 1 rings (SSSR count). The quantitative estimate of drug-likeness (QED) is 0.578. The molecule has 86 valence electrons. The fraction of sp³-hybridized carbons (Fsp3) is 0.300. The van der Waals surface area contributed by atoms with E-state index in [1.54, 1.807) is 6.92 Å². The van der Waals surface area contributed by atoms with Crippen LogP contribution < -0.4 is 5.73 Å². The lowest BCUT2D eigenvalue weighted by Crippen LogP contribution is -2.32. The van der Waals surface area contributed by atoms with E-state index in [0.29, 0.717) is 0 Å². The summed E-state index contributed by atoms with van der Waals surface area (Å²) in [7, 11) is 0. The van der Waals surface area contributed by atoms with Gasteiger partial charge in [-0.05, 0) is 13.0 Å². The Hall–Kier alpha value is -2.04. The number of carboxylic acids is 1. The second-order valence-electron chi connectivity index (χ2n) is 3.04. The molecule has 6 nitrogen and oxygen atoms in total. The number of carbonyl (C=O) groups excluding carboxylic acids is 1. The molecule has 0 saturated carbocycles. The molecule has 0 aromatic rings. The molecule has 1 atom stereocenters. The lowest BCUT2D eigenvalue weighted by atomic mass is 9.95. The van der Waals surface area contributed by atoms with Crippen LogP contribution in [-0.4, -0.2) is 34.8 Å². The average molecular weight is 225 g/mol. The number of ether oxygens (including phenoxy) is 1. The first-order valence-electron chi connectivity index (χ1n) is 4.54. The summed E-state index contributed by atoms with van der Waals surface area (Å²) in [6.45, 7) is 1.92. The van der Waals surface area contributed by atoms with Gasteiger partial charge in [0.25, 0.3) is 0 Å². The number of carboxylic acid groups (broad SMARTS) is 1. The Bertz CT molecular complexity index is 428. The van der Waals surface area contributed by atoms with Gasteiger partial charge in [-0.15, -0.1) is 0 Å². The van der Waals surface area contributed by atoms with E-state index < -0.39 is 17.8 Å². The number of hydrogen-bond acceptors (Lipinski definition) is 5. The summed E-state index contributed by atoms with van der Waals surface area (Å²) in [4.78, 5) is 21.4.